The summed E-state index contributed by atoms with van der Waals surface area (Å²) in [6.07, 6.45) is 0. The highest BCUT2D eigenvalue weighted by molar-refractivity contribution is 5.95. The van der Waals surface area contributed by atoms with Gasteiger partial charge in [-0.1, -0.05) is 13.8 Å². The van der Waals surface area contributed by atoms with Crippen molar-refractivity contribution in [3.63, 3.8) is 0 Å². The molecule has 3 rings (SSSR count). The normalized spacial score (nSPS) is 14.9. The van der Waals surface area contributed by atoms with Crippen LogP contribution in [0.5, 0.6) is 23.0 Å². The van der Waals surface area contributed by atoms with Crippen LogP contribution in [-0.4, -0.2) is 45.8 Å². The number of carbonyl (C=O) groups is 1. The van der Waals surface area contributed by atoms with Crippen LogP contribution in [0.15, 0.2) is 30.3 Å². The fourth-order valence-corrected chi connectivity index (χ4v) is 3.80. The lowest BCUT2D eigenvalue weighted by Crippen LogP contribution is -2.45. The molecular weight excluding hydrogens is 358 g/mol. The SMILES string of the molecule is COc1ccc(C(=O)N2Cc3cc(OC)c(OC)cc3C(C)(C)C2)cc1OC. The summed E-state index contributed by atoms with van der Waals surface area (Å²) in [7, 11) is 6.38. The van der Waals surface area contributed by atoms with Gasteiger partial charge in [-0.3, -0.25) is 4.79 Å². The molecule has 0 unspecified atom stereocenters. The summed E-state index contributed by atoms with van der Waals surface area (Å²) in [6, 6.07) is 9.22. The molecule has 1 heterocycles. The van der Waals surface area contributed by atoms with Crippen LogP contribution < -0.4 is 18.9 Å². The summed E-state index contributed by atoms with van der Waals surface area (Å²) in [5.41, 5.74) is 2.57. The van der Waals surface area contributed by atoms with Gasteiger partial charge in [0.25, 0.3) is 5.91 Å². The van der Waals surface area contributed by atoms with Crippen molar-refractivity contribution in [2.75, 3.05) is 35.0 Å². The summed E-state index contributed by atoms with van der Waals surface area (Å²) in [5.74, 6) is 2.46. The number of amides is 1. The molecule has 0 bridgehead atoms. The first kappa shape index (κ1) is 19.9. The summed E-state index contributed by atoms with van der Waals surface area (Å²) >= 11 is 0. The van der Waals surface area contributed by atoms with Crippen molar-refractivity contribution < 1.29 is 23.7 Å². The van der Waals surface area contributed by atoms with Gasteiger partial charge in [0.05, 0.1) is 28.4 Å². The summed E-state index contributed by atoms with van der Waals surface area (Å²) in [6.45, 7) is 5.37. The van der Waals surface area contributed by atoms with Crippen molar-refractivity contribution in [3.8, 4) is 23.0 Å². The summed E-state index contributed by atoms with van der Waals surface area (Å²) < 4.78 is 21.5. The Kier molecular flexibility index (Phi) is 5.40. The number of benzene rings is 2. The molecule has 6 nitrogen and oxygen atoms in total. The fraction of sp³-hybridized carbons (Fsp3) is 0.409. The van der Waals surface area contributed by atoms with E-state index in [4.69, 9.17) is 18.9 Å². The van der Waals surface area contributed by atoms with Crippen molar-refractivity contribution in [3.05, 3.63) is 47.0 Å². The molecule has 0 spiro atoms. The van der Waals surface area contributed by atoms with Crippen LogP contribution in [0, 0.1) is 0 Å². The highest BCUT2D eigenvalue weighted by atomic mass is 16.5. The first-order valence-corrected chi connectivity index (χ1v) is 9.11. The maximum absolute atomic E-state index is 13.2. The van der Waals surface area contributed by atoms with Crippen LogP contribution in [0.4, 0.5) is 0 Å². The van der Waals surface area contributed by atoms with E-state index >= 15 is 0 Å². The Hall–Kier alpha value is -2.89. The van der Waals surface area contributed by atoms with E-state index < -0.39 is 0 Å². The van der Waals surface area contributed by atoms with Gasteiger partial charge < -0.3 is 23.8 Å². The Labute approximate surface area is 166 Å². The Morgan fingerprint density at radius 1 is 0.857 bits per heavy atom. The molecule has 28 heavy (non-hydrogen) atoms. The predicted octanol–water partition coefficient (Wildman–Crippen LogP) is 3.65. The van der Waals surface area contributed by atoms with E-state index in [-0.39, 0.29) is 11.3 Å². The van der Waals surface area contributed by atoms with E-state index in [2.05, 4.69) is 13.8 Å². The second-order valence-corrected chi connectivity index (χ2v) is 7.48. The second-order valence-electron chi connectivity index (χ2n) is 7.48. The summed E-state index contributed by atoms with van der Waals surface area (Å²) in [5, 5.41) is 0. The first-order chi connectivity index (χ1) is 13.3. The average Bonchev–Trinajstić information content (AvgIpc) is 2.71. The van der Waals surface area contributed by atoms with Gasteiger partial charge in [-0.15, -0.1) is 0 Å². The minimum atomic E-state index is -0.223. The zero-order valence-electron chi connectivity index (χ0n) is 17.3. The number of rotatable bonds is 5. The largest absolute Gasteiger partial charge is 0.493 e. The van der Waals surface area contributed by atoms with Crippen molar-refractivity contribution >= 4 is 5.91 Å². The van der Waals surface area contributed by atoms with Crippen molar-refractivity contribution in [1.82, 2.24) is 4.90 Å². The van der Waals surface area contributed by atoms with Gasteiger partial charge in [-0.05, 0) is 41.5 Å². The lowest BCUT2D eigenvalue weighted by atomic mass is 9.78. The second kappa shape index (κ2) is 7.62. The number of hydrogen-bond acceptors (Lipinski definition) is 5. The Morgan fingerprint density at radius 2 is 1.43 bits per heavy atom. The topological polar surface area (TPSA) is 57.2 Å². The van der Waals surface area contributed by atoms with Crippen LogP contribution in [0.3, 0.4) is 0 Å². The third kappa shape index (κ3) is 3.46. The molecule has 2 aromatic rings. The number of carbonyl (C=O) groups excluding carboxylic acids is 1. The minimum Gasteiger partial charge on any atom is -0.493 e. The number of nitrogens with zero attached hydrogens (tertiary/aromatic N) is 1. The average molecular weight is 385 g/mol. The van der Waals surface area contributed by atoms with Gasteiger partial charge in [-0.25, -0.2) is 0 Å². The Morgan fingerprint density at radius 3 is 2.04 bits per heavy atom. The van der Waals surface area contributed by atoms with E-state index in [1.807, 2.05) is 17.0 Å². The van der Waals surface area contributed by atoms with Crippen LogP contribution >= 0.6 is 0 Å². The van der Waals surface area contributed by atoms with E-state index in [1.165, 1.54) is 5.56 Å². The van der Waals surface area contributed by atoms with Crippen LogP contribution in [0.2, 0.25) is 0 Å². The van der Waals surface area contributed by atoms with Crippen LogP contribution in [0.1, 0.15) is 35.3 Å². The van der Waals surface area contributed by atoms with Gasteiger partial charge >= 0.3 is 0 Å². The number of ether oxygens (including phenoxy) is 4. The molecule has 1 amide bonds. The quantitative estimate of drug-likeness (QED) is 0.786. The van der Waals surface area contributed by atoms with E-state index in [0.29, 0.717) is 41.7 Å². The van der Waals surface area contributed by atoms with Gasteiger partial charge in [0.15, 0.2) is 23.0 Å². The number of methoxy groups -OCH3 is 4. The molecule has 2 aromatic carbocycles. The molecule has 0 radical (unpaired) electrons. The molecule has 0 saturated carbocycles. The molecule has 0 N–H and O–H groups in total. The molecule has 0 fully saturated rings. The van der Waals surface area contributed by atoms with Gasteiger partial charge in [0.1, 0.15) is 0 Å². The Bertz CT molecular complexity index is 891. The molecule has 0 saturated heterocycles. The molecule has 0 aromatic heterocycles. The lowest BCUT2D eigenvalue weighted by molar-refractivity contribution is 0.0685. The maximum atomic E-state index is 13.2. The zero-order valence-corrected chi connectivity index (χ0v) is 17.3. The molecule has 1 aliphatic heterocycles. The number of fused-ring (bicyclic) bond motifs is 1. The van der Waals surface area contributed by atoms with Crippen molar-refractivity contribution in [2.24, 2.45) is 0 Å². The van der Waals surface area contributed by atoms with Gasteiger partial charge in [0, 0.05) is 24.1 Å². The predicted molar refractivity (Wildman–Crippen MR) is 107 cm³/mol. The maximum Gasteiger partial charge on any atom is 0.254 e. The molecule has 1 aliphatic rings. The van der Waals surface area contributed by atoms with Crippen molar-refractivity contribution in [2.45, 2.75) is 25.8 Å². The monoisotopic (exact) mass is 385 g/mol. The lowest BCUT2D eigenvalue weighted by Gasteiger charge is -2.40. The first-order valence-electron chi connectivity index (χ1n) is 9.11. The van der Waals surface area contributed by atoms with E-state index in [1.54, 1.807) is 46.6 Å². The zero-order chi connectivity index (χ0) is 20.5. The molecular formula is C22H27NO5. The smallest absolute Gasteiger partial charge is 0.254 e. The van der Waals surface area contributed by atoms with Gasteiger partial charge in [-0.2, -0.15) is 0 Å². The molecule has 6 heteroatoms. The highest BCUT2D eigenvalue weighted by Crippen LogP contribution is 2.40. The Balaban J connectivity index is 1.97. The van der Waals surface area contributed by atoms with E-state index in [0.717, 1.165) is 5.56 Å². The third-order valence-corrected chi connectivity index (χ3v) is 5.20. The number of hydrogen-bond donors (Lipinski definition) is 0. The van der Waals surface area contributed by atoms with Crippen molar-refractivity contribution in [1.29, 1.82) is 0 Å². The van der Waals surface area contributed by atoms with Crippen LogP contribution in [-0.2, 0) is 12.0 Å². The highest BCUT2D eigenvalue weighted by Gasteiger charge is 2.35. The molecule has 150 valence electrons. The van der Waals surface area contributed by atoms with Crippen LogP contribution in [0.25, 0.3) is 0 Å². The van der Waals surface area contributed by atoms with Gasteiger partial charge in [0.2, 0.25) is 0 Å². The summed E-state index contributed by atoms with van der Waals surface area (Å²) in [4.78, 5) is 15.1. The molecule has 0 aliphatic carbocycles. The third-order valence-electron chi connectivity index (χ3n) is 5.20. The fourth-order valence-electron chi connectivity index (χ4n) is 3.80. The standard InChI is InChI=1S/C22H27NO5/c1-22(2)13-23(12-15-10-19(27-5)20(28-6)11-16(15)22)21(24)14-7-8-17(25-3)18(9-14)26-4/h7-11H,12-13H2,1-6H3. The molecule has 0 atom stereocenters. The minimum absolute atomic E-state index is 0.0468. The van der Waals surface area contributed by atoms with E-state index in [9.17, 15) is 4.79 Å².